The minimum Gasteiger partial charge on any atom is -0.299 e. The van der Waals surface area contributed by atoms with Crippen LogP contribution in [0.2, 0.25) is 0 Å². The Morgan fingerprint density at radius 2 is 2.00 bits per heavy atom. The van der Waals surface area contributed by atoms with E-state index in [1.807, 2.05) is 6.07 Å². The molecule has 2 heterocycles. The molecule has 0 aliphatic carbocycles. The van der Waals surface area contributed by atoms with Crippen LogP contribution in [0.1, 0.15) is 37.6 Å². The maximum atomic E-state index is 12.4. The first kappa shape index (κ1) is 17.2. The van der Waals surface area contributed by atoms with Crippen LogP contribution in [0.25, 0.3) is 10.9 Å². The van der Waals surface area contributed by atoms with E-state index in [0.717, 1.165) is 17.8 Å². The number of aromatic nitrogens is 4. The Morgan fingerprint density at radius 3 is 2.76 bits per heavy atom. The summed E-state index contributed by atoms with van der Waals surface area (Å²) in [6.07, 6.45) is 3.36. The molecule has 0 saturated carbocycles. The van der Waals surface area contributed by atoms with Crippen molar-refractivity contribution < 1.29 is 4.79 Å². The van der Waals surface area contributed by atoms with E-state index in [-0.39, 0.29) is 18.0 Å². The number of hydrogen-bond acceptors (Lipinski definition) is 6. The van der Waals surface area contributed by atoms with Gasteiger partial charge in [0, 0.05) is 5.92 Å². The predicted molar refractivity (Wildman–Crippen MR) is 97.9 cm³/mol. The maximum absolute atomic E-state index is 12.4. The molecule has 1 amide bonds. The van der Waals surface area contributed by atoms with E-state index in [1.165, 1.54) is 22.2 Å². The van der Waals surface area contributed by atoms with E-state index in [9.17, 15) is 9.59 Å². The van der Waals surface area contributed by atoms with Crippen LogP contribution < -0.4 is 10.9 Å². The summed E-state index contributed by atoms with van der Waals surface area (Å²) in [5.74, 6) is 0.0295. The fourth-order valence-corrected chi connectivity index (χ4v) is 3.65. The molecular weight excluding hydrogens is 338 g/mol. The molecule has 0 radical (unpaired) electrons. The Morgan fingerprint density at radius 1 is 1.24 bits per heavy atom. The van der Waals surface area contributed by atoms with Gasteiger partial charge in [-0.25, -0.2) is 4.98 Å². The average molecular weight is 357 g/mol. The molecule has 3 aromatic rings. The number of fused-ring (bicyclic) bond motifs is 1. The summed E-state index contributed by atoms with van der Waals surface area (Å²) in [6, 6.07) is 7.06. The topological polar surface area (TPSA) is 89.8 Å². The SMILES string of the molecule is CCC(CC)c1nnc(NC(=O)Cn2cnc3ccccc3c2=O)s1. The summed E-state index contributed by atoms with van der Waals surface area (Å²) in [5, 5.41) is 12.7. The van der Waals surface area contributed by atoms with Crippen LogP contribution in [0, 0.1) is 0 Å². The highest BCUT2D eigenvalue weighted by atomic mass is 32.1. The normalized spacial score (nSPS) is 11.2. The molecule has 0 unspecified atom stereocenters. The Kier molecular flexibility index (Phi) is 5.18. The predicted octanol–water partition coefficient (Wildman–Crippen LogP) is 2.79. The quantitative estimate of drug-likeness (QED) is 0.733. The van der Waals surface area contributed by atoms with E-state index in [2.05, 4.69) is 34.3 Å². The highest BCUT2D eigenvalue weighted by Crippen LogP contribution is 2.27. The van der Waals surface area contributed by atoms with Gasteiger partial charge in [0.15, 0.2) is 0 Å². The fourth-order valence-electron chi connectivity index (χ4n) is 2.62. The van der Waals surface area contributed by atoms with Gasteiger partial charge in [0.2, 0.25) is 11.0 Å². The first-order valence-corrected chi connectivity index (χ1v) is 9.01. The van der Waals surface area contributed by atoms with Crippen molar-refractivity contribution in [2.24, 2.45) is 0 Å². The van der Waals surface area contributed by atoms with Crippen LogP contribution >= 0.6 is 11.3 Å². The van der Waals surface area contributed by atoms with E-state index in [0.29, 0.717) is 22.0 Å². The molecule has 8 heteroatoms. The number of para-hydroxylation sites is 1. The summed E-state index contributed by atoms with van der Waals surface area (Å²) in [4.78, 5) is 28.8. The molecular formula is C17H19N5O2S. The number of carbonyl (C=O) groups excluding carboxylic acids is 1. The van der Waals surface area contributed by atoms with Gasteiger partial charge in [-0.3, -0.25) is 19.5 Å². The smallest absolute Gasteiger partial charge is 0.261 e. The number of amides is 1. The average Bonchev–Trinajstić information content (AvgIpc) is 3.07. The second kappa shape index (κ2) is 7.52. The lowest BCUT2D eigenvalue weighted by Crippen LogP contribution is -2.27. The van der Waals surface area contributed by atoms with Gasteiger partial charge >= 0.3 is 0 Å². The molecule has 1 N–H and O–H groups in total. The van der Waals surface area contributed by atoms with Crippen molar-refractivity contribution >= 4 is 33.3 Å². The molecule has 0 fully saturated rings. The Balaban J connectivity index is 1.73. The van der Waals surface area contributed by atoms with Crippen LogP contribution in [0.3, 0.4) is 0 Å². The minimum absolute atomic E-state index is 0.115. The van der Waals surface area contributed by atoms with Crippen LogP contribution in [0.4, 0.5) is 5.13 Å². The zero-order chi connectivity index (χ0) is 17.8. The fraction of sp³-hybridized carbons (Fsp3) is 0.353. The summed E-state index contributed by atoms with van der Waals surface area (Å²) in [7, 11) is 0. The standard InChI is InChI=1S/C17H19N5O2S/c1-3-11(4-2)15-20-21-17(25-15)19-14(23)9-22-10-18-13-8-6-5-7-12(13)16(22)24/h5-8,10-11H,3-4,9H2,1-2H3,(H,19,21,23). The lowest BCUT2D eigenvalue weighted by molar-refractivity contribution is -0.116. The molecule has 25 heavy (non-hydrogen) atoms. The van der Waals surface area contributed by atoms with Gasteiger partial charge in [0.1, 0.15) is 11.6 Å². The van der Waals surface area contributed by atoms with E-state index in [4.69, 9.17) is 0 Å². The van der Waals surface area contributed by atoms with Crippen LogP contribution in [-0.2, 0) is 11.3 Å². The molecule has 2 aromatic heterocycles. The molecule has 3 rings (SSSR count). The van der Waals surface area contributed by atoms with Gasteiger partial charge in [-0.2, -0.15) is 0 Å². The number of benzene rings is 1. The van der Waals surface area contributed by atoms with Crippen molar-refractivity contribution in [3.05, 3.63) is 46.0 Å². The van der Waals surface area contributed by atoms with Crippen molar-refractivity contribution in [1.82, 2.24) is 19.7 Å². The van der Waals surface area contributed by atoms with Crippen molar-refractivity contribution in [3.63, 3.8) is 0 Å². The van der Waals surface area contributed by atoms with Gasteiger partial charge in [-0.05, 0) is 25.0 Å². The van der Waals surface area contributed by atoms with Gasteiger partial charge < -0.3 is 0 Å². The van der Waals surface area contributed by atoms with Crippen LogP contribution in [-0.4, -0.2) is 25.7 Å². The van der Waals surface area contributed by atoms with E-state index in [1.54, 1.807) is 18.2 Å². The number of nitrogens with one attached hydrogen (secondary N) is 1. The highest BCUT2D eigenvalue weighted by Gasteiger charge is 2.15. The Bertz CT molecular complexity index is 945. The number of carbonyl (C=O) groups is 1. The van der Waals surface area contributed by atoms with Crippen molar-refractivity contribution in [2.45, 2.75) is 39.2 Å². The molecule has 0 saturated heterocycles. The number of anilines is 1. The third kappa shape index (κ3) is 3.74. The monoisotopic (exact) mass is 357 g/mol. The highest BCUT2D eigenvalue weighted by molar-refractivity contribution is 7.15. The van der Waals surface area contributed by atoms with Gasteiger partial charge in [0.05, 0.1) is 17.2 Å². The molecule has 0 spiro atoms. The van der Waals surface area contributed by atoms with Crippen molar-refractivity contribution in [2.75, 3.05) is 5.32 Å². The molecule has 1 aromatic carbocycles. The van der Waals surface area contributed by atoms with Gasteiger partial charge in [0.25, 0.3) is 5.56 Å². The summed E-state index contributed by atoms with van der Waals surface area (Å²) in [5.41, 5.74) is 0.374. The first-order chi connectivity index (χ1) is 12.1. The molecule has 130 valence electrons. The Labute approximate surface area is 148 Å². The molecule has 0 aliphatic rings. The lowest BCUT2D eigenvalue weighted by atomic mass is 10.1. The number of hydrogen-bond donors (Lipinski definition) is 1. The Hall–Kier alpha value is -2.61. The summed E-state index contributed by atoms with van der Waals surface area (Å²) in [6.45, 7) is 4.09. The van der Waals surface area contributed by atoms with Crippen molar-refractivity contribution in [1.29, 1.82) is 0 Å². The van der Waals surface area contributed by atoms with Gasteiger partial charge in [-0.15, -0.1) is 10.2 Å². The van der Waals surface area contributed by atoms with Crippen LogP contribution in [0.5, 0.6) is 0 Å². The second-order valence-corrected chi connectivity index (χ2v) is 6.71. The minimum atomic E-state index is -0.327. The largest absolute Gasteiger partial charge is 0.299 e. The molecule has 0 bridgehead atoms. The zero-order valence-electron chi connectivity index (χ0n) is 14.1. The third-order valence-electron chi connectivity index (χ3n) is 4.07. The number of rotatable bonds is 6. The first-order valence-electron chi connectivity index (χ1n) is 8.19. The lowest BCUT2D eigenvalue weighted by Gasteiger charge is -2.06. The zero-order valence-corrected chi connectivity index (χ0v) is 14.9. The summed E-state index contributed by atoms with van der Waals surface area (Å²) < 4.78 is 1.29. The van der Waals surface area contributed by atoms with Gasteiger partial charge in [-0.1, -0.05) is 37.3 Å². The maximum Gasteiger partial charge on any atom is 0.261 e. The second-order valence-electron chi connectivity index (χ2n) is 5.70. The van der Waals surface area contributed by atoms with E-state index < -0.39 is 0 Å². The van der Waals surface area contributed by atoms with Crippen LogP contribution in [0.15, 0.2) is 35.4 Å². The van der Waals surface area contributed by atoms with E-state index >= 15 is 0 Å². The molecule has 7 nitrogen and oxygen atoms in total. The third-order valence-corrected chi connectivity index (χ3v) is 5.07. The molecule has 0 aliphatic heterocycles. The number of nitrogens with zero attached hydrogens (tertiary/aromatic N) is 4. The summed E-state index contributed by atoms with van der Waals surface area (Å²) >= 11 is 1.38. The van der Waals surface area contributed by atoms with Crippen molar-refractivity contribution in [3.8, 4) is 0 Å². The molecule has 0 atom stereocenters.